The lowest BCUT2D eigenvalue weighted by Crippen LogP contribution is -2.09. The van der Waals surface area contributed by atoms with E-state index in [1.54, 1.807) is 11.6 Å². The van der Waals surface area contributed by atoms with E-state index in [2.05, 4.69) is 9.97 Å². The lowest BCUT2D eigenvalue weighted by Gasteiger charge is -1.98. The van der Waals surface area contributed by atoms with E-state index in [1.807, 2.05) is 24.3 Å². The number of fused-ring (bicyclic) bond motifs is 1. The summed E-state index contributed by atoms with van der Waals surface area (Å²) in [4.78, 5) is 20.2. The molecule has 16 heavy (non-hydrogen) atoms. The number of carbonyl (C=O) groups is 1. The highest BCUT2D eigenvalue weighted by Crippen LogP contribution is 2.14. The van der Waals surface area contributed by atoms with Crippen LogP contribution < -0.4 is 0 Å². The van der Waals surface area contributed by atoms with E-state index in [9.17, 15) is 4.79 Å². The molecule has 0 saturated carbocycles. The maximum atomic E-state index is 12.1. The van der Waals surface area contributed by atoms with Crippen LogP contribution in [0.1, 0.15) is 9.80 Å². The molecule has 0 atom stereocenters. The highest BCUT2D eigenvalue weighted by molar-refractivity contribution is 7.11. The van der Waals surface area contributed by atoms with Gasteiger partial charge in [0.25, 0.3) is 5.91 Å². The molecular weight excluding hydrogens is 222 g/mol. The van der Waals surface area contributed by atoms with Crippen LogP contribution in [0.15, 0.2) is 42.2 Å². The van der Waals surface area contributed by atoms with Crippen molar-refractivity contribution in [1.29, 1.82) is 0 Å². The van der Waals surface area contributed by atoms with E-state index in [1.165, 1.54) is 22.2 Å². The average molecular weight is 229 g/mol. The van der Waals surface area contributed by atoms with Gasteiger partial charge >= 0.3 is 0 Å². The second-order valence-electron chi connectivity index (χ2n) is 3.25. The van der Waals surface area contributed by atoms with Crippen LogP contribution in [0.5, 0.6) is 0 Å². The van der Waals surface area contributed by atoms with Crippen LogP contribution >= 0.6 is 11.3 Å². The second kappa shape index (κ2) is 3.53. The number of rotatable bonds is 1. The standard InChI is InChI=1S/C11H7N3OS/c15-11(10-12-5-6-16-10)14-7-13-8-3-1-2-4-9(8)14/h1-7H. The van der Waals surface area contributed by atoms with E-state index in [0.29, 0.717) is 5.01 Å². The third-order valence-corrected chi connectivity index (χ3v) is 3.05. The molecule has 78 valence electrons. The van der Waals surface area contributed by atoms with Crippen LogP contribution in [0, 0.1) is 0 Å². The quantitative estimate of drug-likeness (QED) is 0.642. The number of nitrogens with zero attached hydrogens (tertiary/aromatic N) is 3. The van der Waals surface area contributed by atoms with Gasteiger partial charge in [-0.2, -0.15) is 0 Å². The Labute approximate surface area is 95.2 Å². The van der Waals surface area contributed by atoms with Gasteiger partial charge in [0.1, 0.15) is 6.33 Å². The van der Waals surface area contributed by atoms with Gasteiger partial charge in [-0.25, -0.2) is 9.97 Å². The highest BCUT2D eigenvalue weighted by Gasteiger charge is 2.13. The first-order valence-electron chi connectivity index (χ1n) is 4.72. The average Bonchev–Trinajstić information content (AvgIpc) is 2.98. The summed E-state index contributed by atoms with van der Waals surface area (Å²) in [5, 5.41) is 2.26. The Hall–Kier alpha value is -2.01. The lowest BCUT2D eigenvalue weighted by molar-refractivity contribution is 0.0964. The molecule has 0 aliphatic carbocycles. The zero-order valence-corrected chi connectivity index (χ0v) is 9.02. The molecule has 0 fully saturated rings. The van der Waals surface area contributed by atoms with Gasteiger partial charge in [-0.15, -0.1) is 11.3 Å². The molecule has 3 rings (SSSR count). The Morgan fingerprint density at radius 1 is 1.25 bits per heavy atom. The lowest BCUT2D eigenvalue weighted by atomic mass is 10.3. The number of carbonyl (C=O) groups excluding carboxylic acids is 1. The number of benzene rings is 1. The van der Waals surface area contributed by atoms with E-state index in [-0.39, 0.29) is 5.91 Å². The first kappa shape index (κ1) is 9.23. The minimum Gasteiger partial charge on any atom is -0.265 e. The second-order valence-corrected chi connectivity index (χ2v) is 4.14. The molecule has 2 aromatic heterocycles. The number of aromatic nitrogens is 3. The molecule has 0 bridgehead atoms. The largest absolute Gasteiger partial charge is 0.292 e. The molecule has 0 N–H and O–H groups in total. The number of imidazole rings is 1. The van der Waals surface area contributed by atoms with Crippen molar-refractivity contribution in [2.75, 3.05) is 0 Å². The van der Waals surface area contributed by atoms with E-state index >= 15 is 0 Å². The van der Waals surface area contributed by atoms with Crippen LogP contribution in [0.2, 0.25) is 0 Å². The van der Waals surface area contributed by atoms with Crippen molar-refractivity contribution in [2.45, 2.75) is 0 Å². The van der Waals surface area contributed by atoms with Crippen LogP contribution in [-0.4, -0.2) is 20.4 Å². The molecule has 0 unspecified atom stereocenters. The molecule has 1 aromatic carbocycles. The molecule has 0 saturated heterocycles. The van der Waals surface area contributed by atoms with Gasteiger partial charge < -0.3 is 0 Å². The Balaban J connectivity index is 2.16. The first-order chi connectivity index (χ1) is 7.86. The van der Waals surface area contributed by atoms with E-state index in [0.717, 1.165) is 11.0 Å². The number of hydrogen-bond donors (Lipinski definition) is 0. The Morgan fingerprint density at radius 3 is 2.94 bits per heavy atom. The van der Waals surface area contributed by atoms with Crippen molar-refractivity contribution in [3.63, 3.8) is 0 Å². The molecule has 0 radical (unpaired) electrons. The molecule has 0 amide bonds. The van der Waals surface area contributed by atoms with Crippen LogP contribution in [0.3, 0.4) is 0 Å². The van der Waals surface area contributed by atoms with Gasteiger partial charge in [-0.3, -0.25) is 9.36 Å². The molecule has 2 heterocycles. The summed E-state index contributed by atoms with van der Waals surface area (Å²) >= 11 is 1.33. The summed E-state index contributed by atoms with van der Waals surface area (Å²) in [6.45, 7) is 0. The highest BCUT2D eigenvalue weighted by atomic mass is 32.1. The monoisotopic (exact) mass is 229 g/mol. The fourth-order valence-corrected chi connectivity index (χ4v) is 2.12. The summed E-state index contributed by atoms with van der Waals surface area (Å²) in [6.07, 6.45) is 3.16. The molecule has 0 spiro atoms. The van der Waals surface area contributed by atoms with Gasteiger partial charge in [0.05, 0.1) is 11.0 Å². The van der Waals surface area contributed by atoms with Crippen molar-refractivity contribution in [3.05, 3.63) is 47.2 Å². The third kappa shape index (κ3) is 1.33. The SMILES string of the molecule is O=C(c1nccs1)n1cnc2ccccc21. The summed E-state index contributed by atoms with van der Waals surface area (Å²) < 4.78 is 1.52. The van der Waals surface area contributed by atoms with Crippen molar-refractivity contribution in [1.82, 2.24) is 14.5 Å². The van der Waals surface area contributed by atoms with Crippen LogP contribution in [0.25, 0.3) is 11.0 Å². The van der Waals surface area contributed by atoms with Crippen molar-refractivity contribution in [3.8, 4) is 0 Å². The fraction of sp³-hybridized carbons (Fsp3) is 0. The van der Waals surface area contributed by atoms with Gasteiger partial charge in [-0.05, 0) is 12.1 Å². The Kier molecular flexibility index (Phi) is 2.04. The number of para-hydroxylation sites is 2. The van der Waals surface area contributed by atoms with Gasteiger partial charge in [0.15, 0.2) is 5.01 Å². The predicted molar refractivity (Wildman–Crippen MR) is 61.6 cm³/mol. The molecule has 0 aliphatic rings. The van der Waals surface area contributed by atoms with Crippen LogP contribution in [-0.2, 0) is 0 Å². The predicted octanol–water partition coefficient (Wildman–Crippen LogP) is 2.18. The smallest absolute Gasteiger partial charge is 0.265 e. The Bertz CT molecular complexity index is 642. The molecular formula is C11H7N3OS. The minimum absolute atomic E-state index is 0.135. The summed E-state index contributed by atoms with van der Waals surface area (Å²) in [7, 11) is 0. The summed E-state index contributed by atoms with van der Waals surface area (Å²) in [6, 6.07) is 7.53. The normalized spacial score (nSPS) is 10.8. The summed E-state index contributed by atoms with van der Waals surface area (Å²) in [5.74, 6) is -0.135. The summed E-state index contributed by atoms with van der Waals surface area (Å²) in [5.41, 5.74) is 1.62. The fourth-order valence-electron chi connectivity index (χ4n) is 1.55. The van der Waals surface area contributed by atoms with E-state index in [4.69, 9.17) is 0 Å². The van der Waals surface area contributed by atoms with Gasteiger partial charge in [0.2, 0.25) is 0 Å². The maximum Gasteiger partial charge on any atom is 0.292 e. The third-order valence-electron chi connectivity index (χ3n) is 2.29. The minimum atomic E-state index is -0.135. The van der Waals surface area contributed by atoms with Gasteiger partial charge in [0, 0.05) is 11.6 Å². The van der Waals surface area contributed by atoms with Crippen molar-refractivity contribution >= 4 is 28.3 Å². The molecule has 5 heteroatoms. The Morgan fingerprint density at radius 2 is 2.12 bits per heavy atom. The zero-order chi connectivity index (χ0) is 11.0. The first-order valence-corrected chi connectivity index (χ1v) is 5.60. The molecule has 4 nitrogen and oxygen atoms in total. The topological polar surface area (TPSA) is 47.8 Å². The van der Waals surface area contributed by atoms with Gasteiger partial charge in [-0.1, -0.05) is 12.1 Å². The van der Waals surface area contributed by atoms with Crippen molar-refractivity contribution in [2.24, 2.45) is 0 Å². The number of hydrogen-bond acceptors (Lipinski definition) is 4. The zero-order valence-electron chi connectivity index (χ0n) is 8.20. The molecule has 0 aliphatic heterocycles. The maximum absolute atomic E-state index is 12.1. The van der Waals surface area contributed by atoms with Crippen LogP contribution in [0.4, 0.5) is 0 Å². The van der Waals surface area contributed by atoms with Crippen molar-refractivity contribution < 1.29 is 4.79 Å². The number of thiazole rings is 1. The molecule has 3 aromatic rings. The van der Waals surface area contributed by atoms with E-state index < -0.39 is 0 Å².